The molecule has 1 aromatic heterocycles. The molecule has 0 atom stereocenters. The topological polar surface area (TPSA) is 61.5 Å². The first-order valence-corrected chi connectivity index (χ1v) is 7.98. The number of ether oxygens (including phenoxy) is 2. The minimum atomic E-state index is -0.342. The minimum Gasteiger partial charge on any atom is -0.489 e. The van der Waals surface area contributed by atoms with Gasteiger partial charge < -0.3 is 15.2 Å². The van der Waals surface area contributed by atoms with Crippen LogP contribution in [0.1, 0.15) is 42.9 Å². The quantitative estimate of drug-likeness (QED) is 0.669. The van der Waals surface area contributed by atoms with Crippen molar-refractivity contribution in [3.05, 3.63) is 22.6 Å². The molecule has 2 N–H and O–H groups in total. The van der Waals surface area contributed by atoms with Crippen molar-refractivity contribution in [2.24, 2.45) is 0 Å². The van der Waals surface area contributed by atoms with Gasteiger partial charge >= 0.3 is 5.97 Å². The van der Waals surface area contributed by atoms with E-state index in [-0.39, 0.29) is 12.1 Å². The Balaban J connectivity index is 2.63. The van der Waals surface area contributed by atoms with Crippen molar-refractivity contribution in [2.75, 3.05) is 12.3 Å². The molecule has 21 heavy (non-hydrogen) atoms. The van der Waals surface area contributed by atoms with Crippen molar-refractivity contribution in [3.8, 4) is 5.75 Å². The molecule has 1 aromatic carbocycles. The number of benzene rings is 1. The Morgan fingerprint density at radius 2 is 2.05 bits per heavy atom. The third kappa shape index (κ3) is 3.13. The van der Waals surface area contributed by atoms with Crippen LogP contribution in [-0.4, -0.2) is 18.7 Å². The Bertz CT molecular complexity index is 661. The molecular weight excluding hydrogens is 286 g/mol. The first kappa shape index (κ1) is 15.6. The maximum atomic E-state index is 12.1. The Labute approximate surface area is 128 Å². The van der Waals surface area contributed by atoms with Gasteiger partial charge in [-0.2, -0.15) is 0 Å². The monoisotopic (exact) mass is 307 g/mol. The van der Waals surface area contributed by atoms with Crippen LogP contribution in [0.3, 0.4) is 0 Å². The summed E-state index contributed by atoms with van der Waals surface area (Å²) in [6.45, 7) is 8.06. The molecule has 0 bridgehead atoms. The van der Waals surface area contributed by atoms with Gasteiger partial charge in [0.2, 0.25) is 0 Å². The molecule has 4 nitrogen and oxygen atoms in total. The normalized spacial score (nSPS) is 11.1. The number of fused-ring (bicyclic) bond motifs is 1. The van der Waals surface area contributed by atoms with E-state index in [0.717, 1.165) is 27.8 Å². The summed E-state index contributed by atoms with van der Waals surface area (Å²) in [4.78, 5) is 12.6. The van der Waals surface area contributed by atoms with Crippen LogP contribution in [0.15, 0.2) is 12.1 Å². The average molecular weight is 307 g/mol. The fraction of sp³-hybridized carbons (Fsp3) is 0.438. The number of aryl methyl sites for hydroxylation is 1. The van der Waals surface area contributed by atoms with E-state index in [0.29, 0.717) is 17.2 Å². The summed E-state index contributed by atoms with van der Waals surface area (Å²) < 4.78 is 12.0. The molecule has 0 aliphatic heterocycles. The Kier molecular flexibility index (Phi) is 4.73. The van der Waals surface area contributed by atoms with Crippen molar-refractivity contribution >= 4 is 33.1 Å². The number of hydrogen-bond acceptors (Lipinski definition) is 5. The number of nitrogen functional groups attached to an aromatic ring is 1. The number of anilines is 1. The van der Waals surface area contributed by atoms with Gasteiger partial charge in [-0.3, -0.25) is 0 Å². The van der Waals surface area contributed by atoms with Crippen LogP contribution in [0.5, 0.6) is 5.75 Å². The molecule has 5 heteroatoms. The van der Waals surface area contributed by atoms with Crippen LogP contribution in [0.25, 0.3) is 10.1 Å². The van der Waals surface area contributed by atoms with Crippen molar-refractivity contribution in [3.63, 3.8) is 0 Å². The van der Waals surface area contributed by atoms with Crippen molar-refractivity contribution in [1.82, 2.24) is 0 Å². The predicted molar refractivity (Wildman–Crippen MR) is 87.3 cm³/mol. The molecular formula is C16H21NO3S. The van der Waals surface area contributed by atoms with Crippen molar-refractivity contribution in [2.45, 2.75) is 40.2 Å². The zero-order valence-corrected chi connectivity index (χ0v) is 13.7. The van der Waals surface area contributed by atoms with Crippen molar-refractivity contribution < 1.29 is 14.3 Å². The van der Waals surface area contributed by atoms with Gasteiger partial charge in [0.25, 0.3) is 0 Å². The second-order valence-electron chi connectivity index (χ2n) is 5.05. The lowest BCUT2D eigenvalue weighted by molar-refractivity contribution is 0.0527. The molecule has 2 aromatic rings. The van der Waals surface area contributed by atoms with Crippen molar-refractivity contribution in [1.29, 1.82) is 0 Å². The fourth-order valence-corrected chi connectivity index (χ4v) is 3.24. The van der Waals surface area contributed by atoms with Gasteiger partial charge in [-0.25, -0.2) is 4.79 Å². The summed E-state index contributed by atoms with van der Waals surface area (Å²) in [7, 11) is 0. The van der Waals surface area contributed by atoms with E-state index in [4.69, 9.17) is 15.2 Å². The highest BCUT2D eigenvalue weighted by molar-refractivity contribution is 7.21. The Morgan fingerprint density at radius 3 is 2.62 bits per heavy atom. The van der Waals surface area contributed by atoms with E-state index < -0.39 is 0 Å². The third-order valence-corrected chi connectivity index (χ3v) is 4.21. The third-order valence-electron chi connectivity index (χ3n) is 3.10. The highest BCUT2D eigenvalue weighted by atomic mass is 32.1. The summed E-state index contributed by atoms with van der Waals surface area (Å²) in [6, 6.07) is 3.93. The fourth-order valence-electron chi connectivity index (χ4n) is 2.17. The van der Waals surface area contributed by atoms with Gasteiger partial charge in [0.1, 0.15) is 0 Å². The van der Waals surface area contributed by atoms with E-state index >= 15 is 0 Å². The Morgan fingerprint density at radius 1 is 1.33 bits per heavy atom. The molecule has 0 radical (unpaired) electrons. The van der Waals surface area contributed by atoms with Crippen LogP contribution in [0.4, 0.5) is 5.69 Å². The molecule has 0 spiro atoms. The van der Waals surface area contributed by atoms with E-state index in [2.05, 4.69) is 6.92 Å². The number of esters is 1. The highest BCUT2D eigenvalue weighted by Crippen LogP contribution is 2.41. The summed E-state index contributed by atoms with van der Waals surface area (Å²) in [5.41, 5.74) is 7.88. The lowest BCUT2D eigenvalue weighted by Gasteiger charge is -2.11. The average Bonchev–Trinajstić information content (AvgIpc) is 2.75. The Hall–Kier alpha value is -1.75. The van der Waals surface area contributed by atoms with E-state index in [1.807, 2.05) is 26.0 Å². The molecule has 1 heterocycles. The maximum Gasteiger partial charge on any atom is 0.352 e. The molecule has 114 valence electrons. The first-order valence-electron chi connectivity index (χ1n) is 7.16. The van der Waals surface area contributed by atoms with Crippen LogP contribution in [0.2, 0.25) is 0 Å². The molecule has 0 aliphatic carbocycles. The predicted octanol–water partition coefficient (Wildman–Crippen LogP) is 4.01. The molecule has 0 amide bonds. The summed E-state index contributed by atoms with van der Waals surface area (Å²) in [6.07, 6.45) is 0.831. The smallest absolute Gasteiger partial charge is 0.352 e. The SMILES string of the molecule is CCOC(=O)c1sc2cc(CC)c(N)cc2c1OC(C)C. The lowest BCUT2D eigenvalue weighted by atomic mass is 10.1. The van der Waals surface area contributed by atoms with E-state index in [9.17, 15) is 4.79 Å². The largest absolute Gasteiger partial charge is 0.489 e. The zero-order valence-electron chi connectivity index (χ0n) is 12.9. The number of carbonyl (C=O) groups excluding carboxylic acids is 1. The maximum absolute atomic E-state index is 12.1. The zero-order chi connectivity index (χ0) is 15.6. The summed E-state index contributed by atoms with van der Waals surface area (Å²) >= 11 is 1.40. The number of thiophene rings is 1. The van der Waals surface area contributed by atoms with Gasteiger partial charge in [0.05, 0.1) is 12.7 Å². The molecule has 0 saturated heterocycles. The standard InChI is InChI=1S/C16H21NO3S/c1-5-10-7-13-11(8-12(10)17)14(20-9(3)4)15(21-13)16(18)19-6-2/h7-9H,5-6,17H2,1-4H3. The van der Waals surface area contributed by atoms with Crippen LogP contribution in [0, 0.1) is 0 Å². The number of carbonyl (C=O) groups is 1. The second-order valence-corrected chi connectivity index (χ2v) is 6.10. The molecule has 0 saturated carbocycles. The van der Waals surface area contributed by atoms with Gasteiger partial charge in [-0.05, 0) is 44.9 Å². The van der Waals surface area contributed by atoms with E-state index in [1.165, 1.54) is 11.3 Å². The minimum absolute atomic E-state index is 0.0250. The summed E-state index contributed by atoms with van der Waals surface area (Å²) in [5, 5.41) is 0.881. The summed E-state index contributed by atoms with van der Waals surface area (Å²) in [5.74, 6) is 0.240. The molecule has 0 unspecified atom stereocenters. The molecule has 2 rings (SSSR count). The van der Waals surface area contributed by atoms with E-state index in [1.54, 1.807) is 6.92 Å². The van der Waals surface area contributed by atoms with Crippen LogP contribution >= 0.6 is 11.3 Å². The van der Waals surface area contributed by atoms with Crippen LogP contribution in [-0.2, 0) is 11.2 Å². The van der Waals surface area contributed by atoms with Crippen LogP contribution < -0.4 is 10.5 Å². The number of rotatable bonds is 5. The van der Waals surface area contributed by atoms with Gasteiger partial charge in [-0.1, -0.05) is 6.92 Å². The lowest BCUT2D eigenvalue weighted by Crippen LogP contribution is -2.10. The number of hydrogen-bond donors (Lipinski definition) is 1. The molecule has 0 aliphatic rings. The number of nitrogens with two attached hydrogens (primary N) is 1. The second kappa shape index (κ2) is 6.35. The van der Waals surface area contributed by atoms with Gasteiger partial charge in [-0.15, -0.1) is 11.3 Å². The molecule has 0 fully saturated rings. The first-order chi connectivity index (χ1) is 9.97. The van der Waals surface area contributed by atoms with Gasteiger partial charge in [0.15, 0.2) is 10.6 Å². The van der Waals surface area contributed by atoms with Gasteiger partial charge in [0, 0.05) is 15.8 Å². The highest BCUT2D eigenvalue weighted by Gasteiger charge is 2.22.